The van der Waals surface area contributed by atoms with E-state index >= 15 is 0 Å². The van der Waals surface area contributed by atoms with Gasteiger partial charge in [0.15, 0.2) is 4.80 Å². The van der Waals surface area contributed by atoms with Crippen LogP contribution in [0.2, 0.25) is 0 Å². The second-order valence-electron chi connectivity index (χ2n) is 7.59. The lowest BCUT2D eigenvalue weighted by Gasteiger charge is -2.25. The van der Waals surface area contributed by atoms with Crippen LogP contribution in [0.25, 0.3) is 6.08 Å². The topological polar surface area (TPSA) is 82.8 Å². The molecule has 0 bridgehead atoms. The molecule has 0 fully saturated rings. The van der Waals surface area contributed by atoms with Crippen molar-refractivity contribution in [2.24, 2.45) is 4.99 Å². The Bertz CT molecular complexity index is 1370. The summed E-state index contributed by atoms with van der Waals surface area (Å²) in [6.45, 7) is 5.35. The van der Waals surface area contributed by atoms with Crippen LogP contribution in [-0.2, 0) is 9.53 Å². The van der Waals surface area contributed by atoms with Crippen LogP contribution in [0.5, 0.6) is 5.75 Å². The number of hydrogen-bond donors (Lipinski definition) is 0. The average molecular weight is 450 g/mol. The maximum atomic E-state index is 13.5. The predicted molar refractivity (Wildman–Crippen MR) is 122 cm³/mol. The molecule has 3 heterocycles. The van der Waals surface area contributed by atoms with Gasteiger partial charge in [-0.25, -0.2) is 9.79 Å². The van der Waals surface area contributed by atoms with E-state index < -0.39 is 12.0 Å². The number of carbonyl (C=O) groups is 1. The third-order valence-corrected chi connectivity index (χ3v) is 5.98. The molecule has 164 valence electrons. The minimum atomic E-state index is -0.674. The minimum absolute atomic E-state index is 0.222. The van der Waals surface area contributed by atoms with E-state index in [1.165, 1.54) is 11.3 Å². The van der Waals surface area contributed by atoms with E-state index in [9.17, 15) is 9.59 Å². The van der Waals surface area contributed by atoms with Crippen molar-refractivity contribution in [1.29, 1.82) is 0 Å². The molecule has 2 aromatic heterocycles. The molecule has 7 nitrogen and oxygen atoms in total. The van der Waals surface area contributed by atoms with Crippen LogP contribution < -0.4 is 19.6 Å². The number of carbonyl (C=O) groups excluding carboxylic acids is 1. The SMILES string of the molecule is COc1cccc(C2C(C(=O)OC(C)C)=C(C)N=c3sc(=Cc4ccncc4)c(=O)n32)c1. The van der Waals surface area contributed by atoms with Gasteiger partial charge in [-0.15, -0.1) is 0 Å². The molecule has 0 N–H and O–H groups in total. The zero-order valence-corrected chi connectivity index (χ0v) is 19.1. The third kappa shape index (κ3) is 4.13. The highest BCUT2D eigenvalue weighted by atomic mass is 32.1. The van der Waals surface area contributed by atoms with Gasteiger partial charge in [0.2, 0.25) is 0 Å². The predicted octanol–water partition coefficient (Wildman–Crippen LogP) is 2.59. The van der Waals surface area contributed by atoms with E-state index in [1.54, 1.807) is 50.9 Å². The fourth-order valence-corrected chi connectivity index (χ4v) is 4.64. The molecule has 1 aromatic carbocycles. The highest BCUT2D eigenvalue weighted by Gasteiger charge is 2.34. The number of esters is 1. The summed E-state index contributed by atoms with van der Waals surface area (Å²) in [4.78, 5) is 35.7. The second kappa shape index (κ2) is 8.92. The minimum Gasteiger partial charge on any atom is -0.497 e. The summed E-state index contributed by atoms with van der Waals surface area (Å²) in [7, 11) is 1.58. The van der Waals surface area contributed by atoms with Crippen LogP contribution in [0.3, 0.4) is 0 Å². The van der Waals surface area contributed by atoms with Crippen molar-refractivity contribution in [1.82, 2.24) is 9.55 Å². The normalized spacial score (nSPS) is 16.0. The lowest BCUT2D eigenvalue weighted by molar-refractivity contribution is -0.143. The molecule has 32 heavy (non-hydrogen) atoms. The molecule has 4 rings (SSSR count). The first-order chi connectivity index (χ1) is 15.4. The quantitative estimate of drug-likeness (QED) is 0.559. The Balaban J connectivity index is 1.96. The van der Waals surface area contributed by atoms with Gasteiger partial charge in [0.05, 0.1) is 35.1 Å². The Labute approximate surface area is 189 Å². The van der Waals surface area contributed by atoms with Gasteiger partial charge in [0.25, 0.3) is 5.56 Å². The number of allylic oxidation sites excluding steroid dienone is 1. The van der Waals surface area contributed by atoms with Crippen molar-refractivity contribution in [2.75, 3.05) is 7.11 Å². The molecule has 0 saturated heterocycles. The molecular formula is C24H23N3O4S. The summed E-state index contributed by atoms with van der Waals surface area (Å²) >= 11 is 1.29. The second-order valence-corrected chi connectivity index (χ2v) is 8.60. The largest absolute Gasteiger partial charge is 0.497 e. The van der Waals surface area contributed by atoms with Crippen LogP contribution in [-0.4, -0.2) is 28.7 Å². The number of benzene rings is 1. The fraction of sp³-hybridized carbons (Fsp3) is 0.250. The molecule has 1 atom stereocenters. The van der Waals surface area contributed by atoms with Crippen LogP contribution in [0.1, 0.15) is 37.9 Å². The molecule has 1 aliphatic heterocycles. The van der Waals surface area contributed by atoms with Crippen molar-refractivity contribution >= 4 is 23.4 Å². The number of aromatic nitrogens is 2. The molecule has 1 unspecified atom stereocenters. The Morgan fingerprint density at radius 2 is 1.97 bits per heavy atom. The molecule has 0 spiro atoms. The number of fused-ring (bicyclic) bond motifs is 1. The average Bonchev–Trinajstić information content (AvgIpc) is 3.07. The molecule has 0 amide bonds. The van der Waals surface area contributed by atoms with Crippen molar-refractivity contribution in [3.63, 3.8) is 0 Å². The number of rotatable bonds is 5. The first-order valence-electron chi connectivity index (χ1n) is 10.2. The van der Waals surface area contributed by atoms with Gasteiger partial charge < -0.3 is 9.47 Å². The van der Waals surface area contributed by atoms with E-state index in [-0.39, 0.29) is 11.7 Å². The highest BCUT2D eigenvalue weighted by molar-refractivity contribution is 7.07. The summed E-state index contributed by atoms with van der Waals surface area (Å²) < 4.78 is 13.0. The van der Waals surface area contributed by atoms with E-state index in [1.807, 2.05) is 36.4 Å². The van der Waals surface area contributed by atoms with E-state index in [0.717, 1.165) is 11.1 Å². The Hall–Kier alpha value is -3.52. The molecule has 0 radical (unpaired) electrons. The molecule has 8 heteroatoms. The summed E-state index contributed by atoms with van der Waals surface area (Å²) in [5, 5.41) is 0. The van der Waals surface area contributed by atoms with Crippen LogP contribution in [0, 0.1) is 0 Å². The molecular weight excluding hydrogens is 426 g/mol. The maximum absolute atomic E-state index is 13.5. The number of hydrogen-bond acceptors (Lipinski definition) is 7. The number of ether oxygens (including phenoxy) is 2. The molecule has 0 saturated carbocycles. The fourth-order valence-electron chi connectivity index (χ4n) is 3.60. The number of methoxy groups -OCH3 is 1. The standard InChI is InChI=1S/C24H23N3O4S/c1-14(2)31-23(29)20-15(3)26-24-27(21(20)17-6-5-7-18(13-17)30-4)22(28)19(32-24)12-16-8-10-25-11-9-16/h5-14,21H,1-4H3. The zero-order valence-electron chi connectivity index (χ0n) is 18.2. The number of thiazole rings is 1. The summed E-state index contributed by atoms with van der Waals surface area (Å²) in [5.74, 6) is 0.144. The van der Waals surface area contributed by atoms with Gasteiger partial charge in [0.1, 0.15) is 5.75 Å². The van der Waals surface area contributed by atoms with Crippen molar-refractivity contribution in [2.45, 2.75) is 32.9 Å². The Morgan fingerprint density at radius 3 is 2.66 bits per heavy atom. The van der Waals surface area contributed by atoms with Gasteiger partial charge in [-0.05, 0) is 62.2 Å². The van der Waals surface area contributed by atoms with Gasteiger partial charge in [-0.2, -0.15) is 0 Å². The molecule has 3 aromatic rings. The number of nitrogens with zero attached hydrogens (tertiary/aromatic N) is 3. The first kappa shape index (κ1) is 21.7. The lowest BCUT2D eigenvalue weighted by Crippen LogP contribution is -2.40. The third-order valence-electron chi connectivity index (χ3n) is 5.00. The van der Waals surface area contributed by atoms with E-state index in [2.05, 4.69) is 9.98 Å². The monoisotopic (exact) mass is 449 g/mol. The van der Waals surface area contributed by atoms with Gasteiger partial charge in [0, 0.05) is 12.4 Å². The molecule has 0 aliphatic carbocycles. The Kier molecular flexibility index (Phi) is 6.05. The van der Waals surface area contributed by atoms with Gasteiger partial charge in [-0.3, -0.25) is 14.3 Å². The van der Waals surface area contributed by atoms with Gasteiger partial charge >= 0.3 is 5.97 Å². The van der Waals surface area contributed by atoms with E-state index in [4.69, 9.17) is 9.47 Å². The van der Waals surface area contributed by atoms with E-state index in [0.29, 0.717) is 26.4 Å². The highest BCUT2D eigenvalue weighted by Crippen LogP contribution is 2.32. The lowest BCUT2D eigenvalue weighted by atomic mass is 9.95. The molecule has 1 aliphatic rings. The number of pyridine rings is 1. The zero-order chi connectivity index (χ0) is 22.8. The van der Waals surface area contributed by atoms with Crippen LogP contribution in [0.15, 0.2) is 69.8 Å². The summed E-state index contributed by atoms with van der Waals surface area (Å²) in [6.07, 6.45) is 4.85. The van der Waals surface area contributed by atoms with Crippen LogP contribution in [0.4, 0.5) is 0 Å². The van der Waals surface area contributed by atoms with Crippen molar-refractivity contribution in [3.8, 4) is 5.75 Å². The van der Waals surface area contributed by atoms with Crippen molar-refractivity contribution < 1.29 is 14.3 Å². The van der Waals surface area contributed by atoms with Crippen molar-refractivity contribution in [3.05, 3.63) is 90.9 Å². The Morgan fingerprint density at radius 1 is 1.22 bits per heavy atom. The first-order valence-corrected chi connectivity index (χ1v) is 11.0. The summed E-state index contributed by atoms with van der Waals surface area (Å²) in [6, 6.07) is 10.3. The van der Waals surface area contributed by atoms with Gasteiger partial charge in [-0.1, -0.05) is 23.5 Å². The summed E-state index contributed by atoms with van der Waals surface area (Å²) in [5.41, 5.74) is 2.25. The maximum Gasteiger partial charge on any atom is 0.338 e. The smallest absolute Gasteiger partial charge is 0.338 e. The van der Waals surface area contributed by atoms with Crippen LogP contribution >= 0.6 is 11.3 Å².